The molecule has 28 heavy (non-hydrogen) atoms. The Morgan fingerprint density at radius 1 is 1.00 bits per heavy atom. The standard InChI is InChI=1S/C19H19F3N2O4/c1-27-14-8-6-13(7-9-14)17(25)24-16-5-3-2-4-15(16)18(26)23-10-11-28-12-19(20,21)22/h2-9H,10-12H2,1H3,(H,23,26)(H,24,25). The lowest BCUT2D eigenvalue weighted by atomic mass is 10.1. The molecule has 0 aliphatic rings. The van der Waals surface area contributed by atoms with Crippen LogP contribution < -0.4 is 15.4 Å². The third kappa shape index (κ3) is 6.58. The number of ether oxygens (including phenoxy) is 2. The van der Waals surface area contributed by atoms with Crippen molar-refractivity contribution in [1.82, 2.24) is 5.32 Å². The number of carbonyl (C=O) groups is 2. The Bertz CT molecular complexity index is 808. The average Bonchev–Trinajstić information content (AvgIpc) is 2.67. The highest BCUT2D eigenvalue weighted by atomic mass is 19.4. The molecule has 2 rings (SSSR count). The summed E-state index contributed by atoms with van der Waals surface area (Å²) in [4.78, 5) is 24.6. The Hall–Kier alpha value is -3.07. The zero-order valence-corrected chi connectivity index (χ0v) is 15.0. The molecule has 2 aromatic carbocycles. The van der Waals surface area contributed by atoms with E-state index < -0.39 is 24.6 Å². The number of anilines is 1. The Morgan fingerprint density at radius 3 is 2.32 bits per heavy atom. The van der Waals surface area contributed by atoms with E-state index in [4.69, 9.17) is 4.74 Å². The van der Waals surface area contributed by atoms with E-state index in [1.807, 2.05) is 0 Å². The van der Waals surface area contributed by atoms with Crippen LogP contribution in [0.1, 0.15) is 20.7 Å². The summed E-state index contributed by atoms with van der Waals surface area (Å²) in [6.45, 7) is -1.77. The van der Waals surface area contributed by atoms with Crippen molar-refractivity contribution in [1.29, 1.82) is 0 Å². The summed E-state index contributed by atoms with van der Waals surface area (Å²) in [5.74, 6) is -0.360. The summed E-state index contributed by atoms with van der Waals surface area (Å²) in [5.41, 5.74) is 0.828. The third-order valence-electron chi connectivity index (χ3n) is 3.57. The average molecular weight is 396 g/mol. The van der Waals surface area contributed by atoms with Crippen molar-refractivity contribution in [3.05, 3.63) is 59.7 Å². The molecule has 0 bridgehead atoms. The number of carbonyl (C=O) groups excluding carboxylic acids is 2. The number of benzene rings is 2. The quantitative estimate of drug-likeness (QED) is 0.672. The van der Waals surface area contributed by atoms with Gasteiger partial charge in [-0.05, 0) is 36.4 Å². The molecule has 0 aromatic heterocycles. The van der Waals surface area contributed by atoms with E-state index >= 15 is 0 Å². The topological polar surface area (TPSA) is 76.7 Å². The van der Waals surface area contributed by atoms with Gasteiger partial charge in [0.2, 0.25) is 0 Å². The first-order valence-corrected chi connectivity index (χ1v) is 8.27. The first kappa shape index (κ1) is 21.2. The molecule has 0 heterocycles. The molecule has 6 nitrogen and oxygen atoms in total. The molecule has 150 valence electrons. The van der Waals surface area contributed by atoms with Crippen LogP contribution in [-0.4, -0.2) is 44.9 Å². The monoisotopic (exact) mass is 396 g/mol. The Kier molecular flexibility index (Phi) is 7.39. The van der Waals surface area contributed by atoms with Crippen LogP contribution in [0, 0.1) is 0 Å². The first-order valence-electron chi connectivity index (χ1n) is 8.27. The summed E-state index contributed by atoms with van der Waals surface area (Å²) < 4.78 is 45.5. The minimum absolute atomic E-state index is 0.102. The molecular weight excluding hydrogens is 377 g/mol. The number of rotatable bonds is 8. The van der Waals surface area contributed by atoms with E-state index in [2.05, 4.69) is 15.4 Å². The van der Waals surface area contributed by atoms with E-state index in [0.717, 1.165) is 0 Å². The van der Waals surface area contributed by atoms with E-state index in [1.54, 1.807) is 42.5 Å². The van der Waals surface area contributed by atoms with Gasteiger partial charge in [-0.25, -0.2) is 0 Å². The maximum absolute atomic E-state index is 12.4. The van der Waals surface area contributed by atoms with Crippen molar-refractivity contribution in [3.8, 4) is 5.75 Å². The second-order valence-corrected chi connectivity index (χ2v) is 5.65. The molecule has 0 radical (unpaired) electrons. The van der Waals surface area contributed by atoms with Gasteiger partial charge >= 0.3 is 6.18 Å². The van der Waals surface area contributed by atoms with Crippen LogP contribution in [0.2, 0.25) is 0 Å². The summed E-state index contributed by atoms with van der Waals surface area (Å²) in [5, 5.41) is 5.10. The van der Waals surface area contributed by atoms with Crippen molar-refractivity contribution >= 4 is 17.5 Å². The second-order valence-electron chi connectivity index (χ2n) is 5.65. The minimum Gasteiger partial charge on any atom is -0.497 e. The van der Waals surface area contributed by atoms with Crippen LogP contribution in [0.5, 0.6) is 5.75 Å². The van der Waals surface area contributed by atoms with Gasteiger partial charge in [0, 0.05) is 12.1 Å². The number of amides is 2. The van der Waals surface area contributed by atoms with Gasteiger partial charge in [0.1, 0.15) is 12.4 Å². The van der Waals surface area contributed by atoms with Crippen LogP contribution in [0.15, 0.2) is 48.5 Å². The number of hydrogen-bond acceptors (Lipinski definition) is 4. The minimum atomic E-state index is -4.41. The molecule has 0 spiro atoms. The van der Waals surface area contributed by atoms with Crippen LogP contribution in [0.4, 0.5) is 18.9 Å². The molecule has 0 aliphatic heterocycles. The lowest BCUT2D eigenvalue weighted by Gasteiger charge is -2.12. The number of alkyl halides is 3. The van der Waals surface area contributed by atoms with Crippen molar-refractivity contribution in [2.75, 3.05) is 32.2 Å². The van der Waals surface area contributed by atoms with Gasteiger partial charge in [0.05, 0.1) is 25.0 Å². The van der Waals surface area contributed by atoms with Crippen LogP contribution >= 0.6 is 0 Å². The normalized spacial score (nSPS) is 11.0. The lowest BCUT2D eigenvalue weighted by Crippen LogP contribution is -2.29. The first-order chi connectivity index (χ1) is 13.3. The van der Waals surface area contributed by atoms with Crippen LogP contribution in [-0.2, 0) is 4.74 Å². The Labute approximate surface area is 159 Å². The maximum atomic E-state index is 12.4. The van der Waals surface area contributed by atoms with Gasteiger partial charge in [-0.3, -0.25) is 9.59 Å². The van der Waals surface area contributed by atoms with Gasteiger partial charge in [-0.15, -0.1) is 0 Å². The van der Waals surface area contributed by atoms with Crippen molar-refractivity contribution in [2.24, 2.45) is 0 Å². The molecule has 0 saturated heterocycles. The fraction of sp³-hybridized carbons (Fsp3) is 0.263. The van der Waals surface area contributed by atoms with Crippen LogP contribution in [0.3, 0.4) is 0 Å². The highest BCUT2D eigenvalue weighted by Gasteiger charge is 2.27. The molecule has 0 saturated carbocycles. The predicted octanol–water partition coefficient (Wildman–Crippen LogP) is 3.26. The highest BCUT2D eigenvalue weighted by molar-refractivity contribution is 6.09. The predicted molar refractivity (Wildman–Crippen MR) is 96.6 cm³/mol. The number of hydrogen-bond donors (Lipinski definition) is 2. The summed E-state index contributed by atoms with van der Waals surface area (Å²) in [6, 6.07) is 12.7. The van der Waals surface area contributed by atoms with E-state index in [1.165, 1.54) is 13.2 Å². The van der Waals surface area contributed by atoms with Crippen molar-refractivity contribution in [3.63, 3.8) is 0 Å². The molecule has 0 fully saturated rings. The van der Waals surface area contributed by atoms with Crippen molar-refractivity contribution in [2.45, 2.75) is 6.18 Å². The van der Waals surface area contributed by atoms with E-state index in [0.29, 0.717) is 11.3 Å². The number of methoxy groups -OCH3 is 1. The fourth-order valence-electron chi connectivity index (χ4n) is 2.25. The third-order valence-corrected chi connectivity index (χ3v) is 3.57. The zero-order chi connectivity index (χ0) is 20.6. The maximum Gasteiger partial charge on any atom is 0.411 e. The van der Waals surface area contributed by atoms with Crippen LogP contribution in [0.25, 0.3) is 0 Å². The molecule has 2 N–H and O–H groups in total. The molecule has 9 heteroatoms. The Morgan fingerprint density at radius 2 is 1.68 bits per heavy atom. The summed E-state index contributed by atoms with van der Waals surface area (Å²) in [7, 11) is 1.51. The highest BCUT2D eigenvalue weighted by Crippen LogP contribution is 2.18. The molecule has 2 amide bonds. The van der Waals surface area contributed by atoms with Gasteiger partial charge < -0.3 is 20.1 Å². The zero-order valence-electron chi connectivity index (χ0n) is 15.0. The Balaban J connectivity index is 1.95. The van der Waals surface area contributed by atoms with Gasteiger partial charge in [-0.2, -0.15) is 13.2 Å². The summed E-state index contributed by atoms with van der Waals surface area (Å²) in [6.07, 6.45) is -4.41. The molecule has 0 unspecified atom stereocenters. The second kappa shape index (κ2) is 9.75. The number of para-hydroxylation sites is 1. The summed E-state index contributed by atoms with van der Waals surface area (Å²) >= 11 is 0. The van der Waals surface area contributed by atoms with Gasteiger partial charge in [0.25, 0.3) is 11.8 Å². The largest absolute Gasteiger partial charge is 0.497 e. The molecule has 0 aliphatic carbocycles. The molecular formula is C19H19F3N2O4. The molecule has 2 aromatic rings. The molecule has 0 atom stereocenters. The smallest absolute Gasteiger partial charge is 0.411 e. The van der Waals surface area contributed by atoms with E-state index in [-0.39, 0.29) is 24.4 Å². The fourth-order valence-corrected chi connectivity index (χ4v) is 2.25. The number of halogens is 3. The number of nitrogens with one attached hydrogen (secondary N) is 2. The SMILES string of the molecule is COc1ccc(C(=O)Nc2ccccc2C(=O)NCCOCC(F)(F)F)cc1. The van der Waals surface area contributed by atoms with Gasteiger partial charge in [0.15, 0.2) is 0 Å². The van der Waals surface area contributed by atoms with Gasteiger partial charge in [-0.1, -0.05) is 12.1 Å². The van der Waals surface area contributed by atoms with Crippen molar-refractivity contribution < 1.29 is 32.2 Å². The lowest BCUT2D eigenvalue weighted by molar-refractivity contribution is -0.173. The van der Waals surface area contributed by atoms with E-state index in [9.17, 15) is 22.8 Å².